The van der Waals surface area contributed by atoms with Crippen LogP contribution in [0.3, 0.4) is 0 Å². The summed E-state index contributed by atoms with van der Waals surface area (Å²) in [6.45, 7) is 7.60. The van der Waals surface area contributed by atoms with Crippen LogP contribution in [0, 0.1) is 13.8 Å². The number of fused-ring (bicyclic) bond motifs is 2. The summed E-state index contributed by atoms with van der Waals surface area (Å²) in [7, 11) is 0. The molecule has 0 bridgehead atoms. The Hall–Kier alpha value is -2.50. The highest BCUT2D eigenvalue weighted by molar-refractivity contribution is 7.18. The molecule has 0 N–H and O–H groups in total. The van der Waals surface area contributed by atoms with Gasteiger partial charge >= 0.3 is 0 Å². The van der Waals surface area contributed by atoms with Crippen LogP contribution in [-0.4, -0.2) is 27.5 Å². The Morgan fingerprint density at radius 1 is 1.00 bits per heavy atom. The third kappa shape index (κ3) is 3.28. The van der Waals surface area contributed by atoms with E-state index in [-0.39, 0.29) is 5.56 Å². The molecule has 3 heterocycles. The summed E-state index contributed by atoms with van der Waals surface area (Å²) in [6, 6.07) is 14.7. The Morgan fingerprint density at radius 3 is 2.59 bits per heavy atom. The first kappa shape index (κ1) is 18.5. The van der Waals surface area contributed by atoms with Crippen molar-refractivity contribution in [3.8, 4) is 0 Å². The van der Waals surface area contributed by atoms with E-state index in [1.807, 2.05) is 11.5 Å². The molecule has 1 fully saturated rings. The van der Waals surface area contributed by atoms with Gasteiger partial charge in [0.25, 0.3) is 5.56 Å². The monoisotopic (exact) mass is 403 g/mol. The van der Waals surface area contributed by atoms with E-state index >= 15 is 0 Å². The zero-order valence-electron chi connectivity index (χ0n) is 16.9. The molecular formula is C24H25N3OS. The average Bonchev–Trinajstić information content (AvgIpc) is 3.33. The lowest BCUT2D eigenvalue weighted by Gasteiger charge is -2.19. The van der Waals surface area contributed by atoms with E-state index in [9.17, 15) is 4.79 Å². The summed E-state index contributed by atoms with van der Waals surface area (Å²) in [5.74, 6) is 0.888. The Labute approximate surface area is 174 Å². The van der Waals surface area contributed by atoms with Gasteiger partial charge in [-0.05, 0) is 61.7 Å². The number of hydrogen-bond donors (Lipinski definition) is 0. The molecule has 1 saturated heterocycles. The Bertz CT molecular complexity index is 1260. The standard InChI is InChI=1S/C24H25N3OS/c1-16-17(2)29-23-22(16)24(28)27(21(25-23)15-26-12-5-6-13-26)14-19-10-7-9-18-8-3-4-11-20(18)19/h3-4,7-11H,5-6,12-15H2,1-2H3. The molecule has 29 heavy (non-hydrogen) atoms. The number of rotatable bonds is 4. The van der Waals surface area contributed by atoms with Crippen LogP contribution in [0.15, 0.2) is 47.3 Å². The fourth-order valence-corrected chi connectivity index (χ4v) is 5.43. The molecule has 5 heteroatoms. The predicted octanol–water partition coefficient (Wildman–Crippen LogP) is 4.87. The van der Waals surface area contributed by atoms with E-state index in [0.717, 1.165) is 41.2 Å². The van der Waals surface area contributed by atoms with Gasteiger partial charge in [-0.2, -0.15) is 0 Å². The van der Waals surface area contributed by atoms with Crippen LogP contribution in [-0.2, 0) is 13.1 Å². The number of nitrogens with zero attached hydrogens (tertiary/aromatic N) is 3. The normalized spacial score (nSPS) is 15.0. The van der Waals surface area contributed by atoms with Crippen molar-refractivity contribution in [1.29, 1.82) is 0 Å². The number of aryl methyl sites for hydroxylation is 2. The zero-order chi connectivity index (χ0) is 20.0. The first-order chi connectivity index (χ1) is 14.1. The van der Waals surface area contributed by atoms with Gasteiger partial charge in [-0.3, -0.25) is 14.3 Å². The van der Waals surface area contributed by atoms with Crippen LogP contribution >= 0.6 is 11.3 Å². The van der Waals surface area contributed by atoms with Gasteiger partial charge in [0.2, 0.25) is 0 Å². The maximum Gasteiger partial charge on any atom is 0.262 e. The van der Waals surface area contributed by atoms with Crippen molar-refractivity contribution in [3.63, 3.8) is 0 Å². The molecule has 4 nitrogen and oxygen atoms in total. The minimum absolute atomic E-state index is 0.0963. The molecule has 0 amide bonds. The van der Waals surface area contributed by atoms with Crippen molar-refractivity contribution in [2.24, 2.45) is 0 Å². The highest BCUT2D eigenvalue weighted by atomic mass is 32.1. The van der Waals surface area contributed by atoms with Crippen LogP contribution < -0.4 is 5.56 Å². The van der Waals surface area contributed by atoms with Crippen LogP contribution in [0.2, 0.25) is 0 Å². The minimum atomic E-state index is 0.0963. The molecule has 0 radical (unpaired) electrons. The van der Waals surface area contributed by atoms with Crippen molar-refractivity contribution in [3.05, 3.63) is 74.6 Å². The van der Waals surface area contributed by atoms with Crippen molar-refractivity contribution >= 4 is 32.3 Å². The number of aromatic nitrogens is 2. The largest absolute Gasteiger partial charge is 0.296 e. The summed E-state index contributed by atoms with van der Waals surface area (Å²) in [6.07, 6.45) is 2.46. The highest BCUT2D eigenvalue weighted by Crippen LogP contribution is 2.27. The summed E-state index contributed by atoms with van der Waals surface area (Å²) in [4.78, 5) is 23.1. The van der Waals surface area contributed by atoms with Gasteiger partial charge in [0.05, 0.1) is 18.5 Å². The lowest BCUT2D eigenvalue weighted by Crippen LogP contribution is -2.30. The molecule has 4 aromatic rings. The van der Waals surface area contributed by atoms with Crippen molar-refractivity contribution in [2.75, 3.05) is 13.1 Å². The van der Waals surface area contributed by atoms with Crippen molar-refractivity contribution < 1.29 is 0 Å². The molecule has 0 atom stereocenters. The van der Waals surface area contributed by atoms with Gasteiger partial charge in [-0.15, -0.1) is 11.3 Å². The molecule has 0 spiro atoms. The maximum absolute atomic E-state index is 13.6. The van der Waals surface area contributed by atoms with E-state index in [2.05, 4.69) is 54.3 Å². The lowest BCUT2D eigenvalue weighted by atomic mass is 10.0. The predicted molar refractivity (Wildman–Crippen MR) is 121 cm³/mol. The van der Waals surface area contributed by atoms with Gasteiger partial charge in [-0.25, -0.2) is 4.98 Å². The lowest BCUT2D eigenvalue weighted by molar-refractivity contribution is 0.315. The number of thiophene rings is 1. The molecule has 1 aliphatic rings. The Balaban J connectivity index is 1.68. The molecular weight excluding hydrogens is 378 g/mol. The minimum Gasteiger partial charge on any atom is -0.296 e. The first-order valence-electron chi connectivity index (χ1n) is 10.3. The van der Waals surface area contributed by atoms with Gasteiger partial charge in [0.1, 0.15) is 10.7 Å². The summed E-state index contributed by atoms with van der Waals surface area (Å²) >= 11 is 1.64. The second-order valence-corrected chi connectivity index (χ2v) is 9.21. The third-order valence-corrected chi connectivity index (χ3v) is 7.24. The van der Waals surface area contributed by atoms with Crippen LogP contribution in [0.1, 0.15) is 34.7 Å². The molecule has 2 aromatic heterocycles. The zero-order valence-corrected chi connectivity index (χ0v) is 17.8. The molecule has 0 saturated carbocycles. The SMILES string of the molecule is Cc1sc2nc(CN3CCCC3)n(Cc3cccc4ccccc34)c(=O)c2c1C. The summed E-state index contributed by atoms with van der Waals surface area (Å²) in [5.41, 5.74) is 2.33. The molecule has 1 aliphatic heterocycles. The smallest absolute Gasteiger partial charge is 0.262 e. The molecule has 0 unspecified atom stereocenters. The van der Waals surface area contributed by atoms with E-state index in [0.29, 0.717) is 6.54 Å². The Morgan fingerprint density at radius 2 is 1.76 bits per heavy atom. The fourth-order valence-electron chi connectivity index (χ4n) is 4.39. The van der Waals surface area contributed by atoms with E-state index < -0.39 is 0 Å². The van der Waals surface area contributed by atoms with Crippen molar-refractivity contribution in [1.82, 2.24) is 14.5 Å². The van der Waals surface area contributed by atoms with Gasteiger partial charge in [-0.1, -0.05) is 42.5 Å². The fraction of sp³-hybridized carbons (Fsp3) is 0.333. The van der Waals surface area contributed by atoms with Crippen LogP contribution in [0.25, 0.3) is 21.0 Å². The van der Waals surface area contributed by atoms with Gasteiger partial charge < -0.3 is 0 Å². The van der Waals surface area contributed by atoms with Crippen LogP contribution in [0.4, 0.5) is 0 Å². The quantitative estimate of drug-likeness (QED) is 0.488. The number of benzene rings is 2. The van der Waals surface area contributed by atoms with Gasteiger partial charge in [0.15, 0.2) is 0 Å². The molecule has 148 valence electrons. The molecule has 0 aliphatic carbocycles. The second-order valence-electron chi connectivity index (χ2n) is 8.00. The second kappa shape index (κ2) is 7.39. The highest BCUT2D eigenvalue weighted by Gasteiger charge is 2.20. The topological polar surface area (TPSA) is 38.1 Å². The van der Waals surface area contributed by atoms with E-state index in [1.165, 1.54) is 34.1 Å². The summed E-state index contributed by atoms with van der Waals surface area (Å²) < 4.78 is 1.92. The third-order valence-electron chi connectivity index (χ3n) is 6.14. The molecule has 2 aromatic carbocycles. The maximum atomic E-state index is 13.6. The van der Waals surface area contributed by atoms with Crippen molar-refractivity contribution in [2.45, 2.75) is 39.8 Å². The first-order valence-corrected chi connectivity index (χ1v) is 11.1. The van der Waals surface area contributed by atoms with Gasteiger partial charge in [0, 0.05) is 4.88 Å². The van der Waals surface area contributed by atoms with E-state index in [4.69, 9.17) is 4.98 Å². The van der Waals surface area contributed by atoms with E-state index in [1.54, 1.807) is 11.3 Å². The molecule has 5 rings (SSSR count). The Kier molecular flexibility index (Phi) is 4.72. The number of likely N-dealkylation sites (tertiary alicyclic amines) is 1. The average molecular weight is 404 g/mol. The van der Waals surface area contributed by atoms with Crippen LogP contribution in [0.5, 0.6) is 0 Å². The summed E-state index contributed by atoms with van der Waals surface area (Å²) in [5, 5.41) is 3.20. The number of hydrogen-bond acceptors (Lipinski definition) is 4.